The van der Waals surface area contributed by atoms with Gasteiger partial charge in [0, 0.05) is 36.6 Å². The molecule has 7 heteroatoms. The molecule has 1 saturated heterocycles. The maximum absolute atomic E-state index is 6.31. The van der Waals surface area contributed by atoms with E-state index in [-0.39, 0.29) is 0 Å². The first kappa shape index (κ1) is 23.8. The van der Waals surface area contributed by atoms with Gasteiger partial charge in [0.25, 0.3) is 0 Å². The van der Waals surface area contributed by atoms with E-state index in [1.54, 1.807) is 0 Å². The molecule has 0 aliphatic carbocycles. The van der Waals surface area contributed by atoms with Crippen LogP contribution in [-0.4, -0.2) is 41.2 Å². The topological polar surface area (TPSA) is 63.5 Å². The first-order valence-electron chi connectivity index (χ1n) is 12.5. The number of morpholine rings is 1. The molecule has 6 nitrogen and oxygen atoms in total. The molecular formula is C30H28ClN3O3. The molecule has 0 atom stereocenters. The molecule has 1 aliphatic heterocycles. The van der Waals surface area contributed by atoms with Crippen molar-refractivity contribution in [3.8, 4) is 17.3 Å². The second-order valence-corrected chi connectivity index (χ2v) is 9.73. The molecule has 1 N–H and O–H groups in total. The molecule has 0 spiro atoms. The lowest BCUT2D eigenvalue weighted by Crippen LogP contribution is -2.35. The van der Waals surface area contributed by atoms with Crippen molar-refractivity contribution in [1.82, 2.24) is 14.9 Å². The van der Waals surface area contributed by atoms with E-state index >= 15 is 0 Å². The number of ether oxygens (including phenoxy) is 2. The highest BCUT2D eigenvalue weighted by molar-refractivity contribution is 6.30. The molecule has 5 aromatic rings. The first-order chi connectivity index (χ1) is 18.2. The highest BCUT2D eigenvalue weighted by Crippen LogP contribution is 2.29. The van der Waals surface area contributed by atoms with Crippen molar-refractivity contribution in [2.24, 2.45) is 0 Å². The largest absolute Gasteiger partial charge is 0.489 e. The summed E-state index contributed by atoms with van der Waals surface area (Å²) in [5, 5.41) is 0.666. The Labute approximate surface area is 220 Å². The minimum absolute atomic E-state index is 0.491. The van der Waals surface area contributed by atoms with Gasteiger partial charge in [-0.1, -0.05) is 48.0 Å². The number of hydrogen-bond donors (Lipinski definition) is 1. The molecule has 6 rings (SSSR count). The molecule has 2 aromatic heterocycles. The molecule has 0 amide bonds. The number of fused-ring (bicyclic) bond motifs is 1. The van der Waals surface area contributed by atoms with Gasteiger partial charge in [-0.3, -0.25) is 4.90 Å². The molecule has 0 bridgehead atoms. The van der Waals surface area contributed by atoms with Crippen molar-refractivity contribution in [3.63, 3.8) is 0 Å². The van der Waals surface area contributed by atoms with Gasteiger partial charge >= 0.3 is 0 Å². The number of nitrogens with zero attached hydrogens (tertiary/aromatic N) is 2. The fraction of sp³-hybridized carbons (Fsp3) is 0.233. The van der Waals surface area contributed by atoms with Gasteiger partial charge in [0.2, 0.25) is 0 Å². The lowest BCUT2D eigenvalue weighted by Gasteiger charge is -2.26. The maximum atomic E-state index is 6.31. The zero-order valence-electron chi connectivity index (χ0n) is 20.5. The Bertz CT molecular complexity index is 1490. The summed E-state index contributed by atoms with van der Waals surface area (Å²) in [6.07, 6.45) is 0.564. The van der Waals surface area contributed by atoms with E-state index in [0.29, 0.717) is 23.8 Å². The van der Waals surface area contributed by atoms with Crippen LogP contribution >= 0.6 is 11.6 Å². The van der Waals surface area contributed by atoms with Crippen LogP contribution < -0.4 is 4.74 Å². The van der Waals surface area contributed by atoms with Gasteiger partial charge in [0.1, 0.15) is 18.1 Å². The minimum Gasteiger partial charge on any atom is -0.489 e. The molecule has 188 valence electrons. The summed E-state index contributed by atoms with van der Waals surface area (Å²) in [5.41, 5.74) is 5.27. The molecule has 0 radical (unpaired) electrons. The Kier molecular flexibility index (Phi) is 6.95. The number of nitrogens with one attached hydrogen (secondary N) is 1. The van der Waals surface area contributed by atoms with Gasteiger partial charge in [-0.25, -0.2) is 4.98 Å². The summed E-state index contributed by atoms with van der Waals surface area (Å²) < 4.78 is 17.8. The average molecular weight is 514 g/mol. The van der Waals surface area contributed by atoms with Gasteiger partial charge in [-0.15, -0.1) is 0 Å². The van der Waals surface area contributed by atoms with Crippen molar-refractivity contribution in [2.45, 2.75) is 19.6 Å². The SMILES string of the molecule is Clc1ccc(OCc2ccccc2)c(Cc2ccc(-c3nc4ccc(CN5CCOCC5)cc4[nH]3)o2)c1. The van der Waals surface area contributed by atoms with Crippen LogP contribution in [-0.2, 0) is 24.3 Å². The standard InChI is InChI=1S/C30H28ClN3O3/c31-24-7-10-28(36-20-21-4-2-1-3-5-21)23(17-24)18-25-8-11-29(37-25)30-32-26-9-6-22(16-27(26)33-30)19-34-12-14-35-15-13-34/h1-11,16-17H,12-15,18-20H2,(H,32,33). The predicted octanol–water partition coefficient (Wildman–Crippen LogP) is 6.48. The number of aromatic nitrogens is 2. The van der Waals surface area contributed by atoms with Crippen LogP contribution in [0.25, 0.3) is 22.6 Å². The number of benzene rings is 3. The highest BCUT2D eigenvalue weighted by Gasteiger charge is 2.15. The molecular weight excluding hydrogens is 486 g/mol. The van der Waals surface area contributed by atoms with Crippen molar-refractivity contribution < 1.29 is 13.9 Å². The van der Waals surface area contributed by atoms with Crippen LogP contribution in [0.3, 0.4) is 0 Å². The first-order valence-corrected chi connectivity index (χ1v) is 12.9. The van der Waals surface area contributed by atoms with Crippen molar-refractivity contribution in [3.05, 3.63) is 106 Å². The van der Waals surface area contributed by atoms with Crippen LogP contribution in [0.4, 0.5) is 0 Å². The second-order valence-electron chi connectivity index (χ2n) is 9.29. The van der Waals surface area contributed by atoms with E-state index in [0.717, 1.165) is 72.3 Å². The molecule has 3 heterocycles. The van der Waals surface area contributed by atoms with E-state index in [4.69, 9.17) is 30.5 Å². The van der Waals surface area contributed by atoms with E-state index < -0.39 is 0 Å². The van der Waals surface area contributed by atoms with Crippen LogP contribution in [0.15, 0.2) is 83.3 Å². The van der Waals surface area contributed by atoms with Gasteiger partial charge in [0.15, 0.2) is 11.6 Å². The summed E-state index contributed by atoms with van der Waals surface area (Å²) in [5.74, 6) is 3.03. The Hall–Kier alpha value is -3.58. The van der Waals surface area contributed by atoms with Crippen LogP contribution in [0, 0.1) is 0 Å². The van der Waals surface area contributed by atoms with Crippen LogP contribution in [0.5, 0.6) is 5.75 Å². The summed E-state index contributed by atoms with van der Waals surface area (Å²) >= 11 is 6.31. The summed E-state index contributed by atoms with van der Waals surface area (Å²) in [4.78, 5) is 10.6. The summed E-state index contributed by atoms with van der Waals surface area (Å²) in [7, 11) is 0. The third-order valence-corrected chi connectivity index (χ3v) is 6.81. The van der Waals surface area contributed by atoms with Gasteiger partial charge in [-0.2, -0.15) is 0 Å². The zero-order chi connectivity index (χ0) is 25.0. The summed E-state index contributed by atoms with van der Waals surface area (Å²) in [6, 6.07) is 26.1. The number of H-pyrrole nitrogens is 1. The van der Waals surface area contributed by atoms with Crippen molar-refractivity contribution >= 4 is 22.6 Å². The number of aromatic amines is 1. The molecule has 0 saturated carbocycles. The molecule has 37 heavy (non-hydrogen) atoms. The third-order valence-electron chi connectivity index (χ3n) is 6.58. The van der Waals surface area contributed by atoms with E-state index in [1.165, 1.54) is 5.56 Å². The minimum atomic E-state index is 0.491. The van der Waals surface area contributed by atoms with Crippen molar-refractivity contribution in [1.29, 1.82) is 0 Å². The normalized spacial score (nSPS) is 14.3. The smallest absolute Gasteiger partial charge is 0.174 e. The monoisotopic (exact) mass is 513 g/mol. The van der Waals surface area contributed by atoms with E-state index in [2.05, 4.69) is 28.1 Å². The average Bonchev–Trinajstić information content (AvgIpc) is 3.56. The number of rotatable bonds is 8. The number of imidazole rings is 1. The lowest BCUT2D eigenvalue weighted by molar-refractivity contribution is 0.0342. The number of hydrogen-bond acceptors (Lipinski definition) is 5. The Morgan fingerprint density at radius 3 is 2.65 bits per heavy atom. The molecule has 1 aliphatic rings. The predicted molar refractivity (Wildman–Crippen MR) is 145 cm³/mol. The highest BCUT2D eigenvalue weighted by atomic mass is 35.5. The molecule has 0 unspecified atom stereocenters. The van der Waals surface area contributed by atoms with Crippen LogP contribution in [0.2, 0.25) is 5.02 Å². The quantitative estimate of drug-likeness (QED) is 0.257. The zero-order valence-corrected chi connectivity index (χ0v) is 21.2. The van der Waals surface area contributed by atoms with Crippen molar-refractivity contribution in [2.75, 3.05) is 26.3 Å². The van der Waals surface area contributed by atoms with E-state index in [1.807, 2.05) is 60.7 Å². The Balaban J connectivity index is 1.17. The molecule has 3 aromatic carbocycles. The maximum Gasteiger partial charge on any atom is 0.174 e. The molecule has 1 fully saturated rings. The number of halogens is 1. The van der Waals surface area contributed by atoms with Gasteiger partial charge < -0.3 is 18.9 Å². The summed E-state index contributed by atoms with van der Waals surface area (Å²) in [6.45, 7) is 4.93. The van der Waals surface area contributed by atoms with Gasteiger partial charge in [-0.05, 0) is 53.6 Å². The van der Waals surface area contributed by atoms with Gasteiger partial charge in [0.05, 0.1) is 24.2 Å². The van der Waals surface area contributed by atoms with Crippen LogP contribution in [0.1, 0.15) is 22.5 Å². The Morgan fingerprint density at radius 1 is 0.919 bits per heavy atom. The fourth-order valence-corrected chi connectivity index (χ4v) is 4.83. The lowest BCUT2D eigenvalue weighted by atomic mass is 10.1. The third kappa shape index (κ3) is 5.72. The number of furan rings is 1. The van der Waals surface area contributed by atoms with E-state index in [9.17, 15) is 0 Å². The fourth-order valence-electron chi connectivity index (χ4n) is 4.64. The second kappa shape index (κ2) is 10.8. The Morgan fingerprint density at radius 2 is 1.78 bits per heavy atom.